The molecule has 0 N–H and O–H groups in total. The molecule has 0 bridgehead atoms. The fourth-order valence-electron chi connectivity index (χ4n) is 6.93. The quantitative estimate of drug-likeness (QED) is 0.106. The second-order valence-electron chi connectivity index (χ2n) is 12.7. The minimum atomic E-state index is -0.739. The van der Waals surface area contributed by atoms with Crippen LogP contribution in [0.1, 0.15) is 22.3 Å². The van der Waals surface area contributed by atoms with Gasteiger partial charge in [-0.2, -0.15) is 5.10 Å². The molecule has 0 aliphatic rings. The highest BCUT2D eigenvalue weighted by molar-refractivity contribution is 8.00. The van der Waals surface area contributed by atoms with Crippen LogP contribution in [0.5, 0.6) is 0 Å². The van der Waals surface area contributed by atoms with Crippen LogP contribution >= 0.6 is 23.1 Å². The van der Waals surface area contributed by atoms with Gasteiger partial charge in [-0.05, 0) is 66.9 Å². The van der Waals surface area contributed by atoms with Gasteiger partial charge in [-0.3, -0.25) is 9.08 Å². The topological polar surface area (TPSA) is 38.4 Å². The molecule has 246 valence electrons. The monoisotopic (exact) mass is 687 g/mol. The van der Waals surface area contributed by atoms with E-state index in [1.54, 1.807) is 23.1 Å². The summed E-state index contributed by atoms with van der Waals surface area (Å²) >= 11 is 3.57. The minimum Gasteiger partial charge on any atom is -0.305 e. The molecule has 0 atom stereocenters. The minimum absolute atomic E-state index is 0.739. The van der Waals surface area contributed by atoms with Crippen molar-refractivity contribution in [3.8, 4) is 33.0 Å². The summed E-state index contributed by atoms with van der Waals surface area (Å²) < 4.78 is 5.69. The van der Waals surface area contributed by atoms with Gasteiger partial charge in [0, 0.05) is 35.6 Å². The lowest BCUT2D eigenvalue weighted by Crippen LogP contribution is -2.38. The molecule has 0 aliphatic heterocycles. The Hall–Kier alpha value is -5.21. The van der Waals surface area contributed by atoms with Gasteiger partial charge >= 0.3 is 0 Å². The Balaban J connectivity index is 1.40. The lowest BCUT2D eigenvalue weighted by Gasteiger charge is -2.36. The third kappa shape index (κ3) is 5.77. The molecule has 7 heteroatoms. The van der Waals surface area contributed by atoms with Crippen molar-refractivity contribution in [3.05, 3.63) is 180 Å². The molecule has 0 saturated carbocycles. The fourth-order valence-corrected chi connectivity index (χ4v) is 8.48. The summed E-state index contributed by atoms with van der Waals surface area (Å²) in [4.78, 5) is 8.17. The molecule has 4 aromatic carbocycles. The van der Waals surface area contributed by atoms with Gasteiger partial charge in [-0.1, -0.05) is 115 Å². The number of fused-ring (bicyclic) bond motifs is 1. The van der Waals surface area contributed by atoms with Crippen molar-refractivity contribution in [1.82, 2.24) is 24.1 Å². The van der Waals surface area contributed by atoms with Crippen molar-refractivity contribution < 1.29 is 0 Å². The summed E-state index contributed by atoms with van der Waals surface area (Å²) in [5.74, 6) is 0. The van der Waals surface area contributed by atoms with E-state index in [0.29, 0.717) is 0 Å². The summed E-state index contributed by atoms with van der Waals surface area (Å²) in [6.07, 6.45) is 8.56. The third-order valence-electron chi connectivity index (χ3n) is 9.21. The molecule has 0 radical (unpaired) electrons. The first-order valence-electron chi connectivity index (χ1n) is 16.7. The average Bonchev–Trinajstić information content (AvgIpc) is 3.92. The molecule has 5 nitrogen and oxygen atoms in total. The number of thiophene rings is 1. The number of thioether (sulfide) groups is 1. The number of benzene rings is 4. The number of aromatic nitrogens is 4. The molecular weight excluding hydrogens is 651 g/mol. The van der Waals surface area contributed by atoms with E-state index in [1.165, 1.54) is 14.6 Å². The second kappa shape index (κ2) is 13.6. The Kier molecular flexibility index (Phi) is 8.71. The summed E-state index contributed by atoms with van der Waals surface area (Å²) in [6.45, 7) is 0.877. The molecule has 0 amide bonds. The maximum absolute atomic E-state index is 5.59. The zero-order valence-corrected chi connectivity index (χ0v) is 29.9. The van der Waals surface area contributed by atoms with E-state index in [1.807, 2.05) is 6.20 Å². The molecule has 0 unspecified atom stereocenters. The van der Waals surface area contributed by atoms with E-state index >= 15 is 0 Å². The average molecular weight is 688 g/mol. The molecule has 0 spiro atoms. The number of imidazole rings is 1. The van der Waals surface area contributed by atoms with E-state index in [0.717, 1.165) is 57.0 Å². The zero-order valence-electron chi connectivity index (χ0n) is 28.3. The number of rotatable bonds is 10. The number of hydrogen-bond donors (Lipinski definition) is 0. The molecule has 4 heterocycles. The molecule has 8 aromatic rings. The van der Waals surface area contributed by atoms with Crippen LogP contribution in [-0.4, -0.2) is 44.4 Å². The Morgan fingerprint density at radius 3 is 1.84 bits per heavy atom. The van der Waals surface area contributed by atoms with Crippen molar-refractivity contribution in [1.29, 1.82) is 0 Å². The maximum atomic E-state index is 5.59. The molecule has 4 aromatic heterocycles. The molecule has 8 rings (SSSR count). The van der Waals surface area contributed by atoms with Crippen LogP contribution in [0, 0.1) is 0 Å². The maximum Gasteiger partial charge on any atom is 0.138 e. The smallest absolute Gasteiger partial charge is 0.138 e. The SMILES string of the molecule is CSc1ccc(-c2cnc3ccc(-c4cn(C(c5ccccc5)(c5ccccc5)c5ccccc5)nc4-c4ccc(CN(C)C)cc4)cn23)s1. The lowest BCUT2D eigenvalue weighted by molar-refractivity contribution is 0.402. The Morgan fingerprint density at radius 2 is 1.28 bits per heavy atom. The van der Waals surface area contributed by atoms with Crippen LogP contribution in [0.3, 0.4) is 0 Å². The van der Waals surface area contributed by atoms with Crippen LogP contribution in [0.25, 0.3) is 38.6 Å². The Bertz CT molecular complexity index is 2260. The summed E-state index contributed by atoms with van der Waals surface area (Å²) in [6, 6.07) is 49.7. The summed E-state index contributed by atoms with van der Waals surface area (Å²) in [7, 11) is 4.20. The van der Waals surface area contributed by atoms with Crippen molar-refractivity contribution in [3.63, 3.8) is 0 Å². The summed E-state index contributed by atoms with van der Waals surface area (Å²) in [5, 5.41) is 5.59. The van der Waals surface area contributed by atoms with E-state index in [-0.39, 0.29) is 0 Å². The number of nitrogens with zero attached hydrogens (tertiary/aromatic N) is 5. The van der Waals surface area contributed by atoms with Gasteiger partial charge in [0.1, 0.15) is 16.9 Å². The van der Waals surface area contributed by atoms with Gasteiger partial charge in [-0.15, -0.1) is 23.1 Å². The second-order valence-corrected chi connectivity index (χ2v) is 14.9. The lowest BCUT2D eigenvalue weighted by atomic mass is 9.77. The van der Waals surface area contributed by atoms with Crippen molar-refractivity contribution in [2.75, 3.05) is 20.4 Å². The van der Waals surface area contributed by atoms with Gasteiger partial charge in [0.2, 0.25) is 0 Å². The van der Waals surface area contributed by atoms with Crippen molar-refractivity contribution in [2.45, 2.75) is 16.3 Å². The predicted molar refractivity (Wildman–Crippen MR) is 209 cm³/mol. The zero-order chi connectivity index (χ0) is 34.1. The molecule has 0 aliphatic carbocycles. The molecular formula is C43H37N5S2. The Labute approximate surface area is 301 Å². The van der Waals surface area contributed by atoms with Crippen molar-refractivity contribution in [2.24, 2.45) is 0 Å². The highest BCUT2D eigenvalue weighted by Crippen LogP contribution is 2.43. The van der Waals surface area contributed by atoms with Crippen LogP contribution in [0.4, 0.5) is 0 Å². The molecule has 0 fully saturated rings. The predicted octanol–water partition coefficient (Wildman–Crippen LogP) is 10.2. The molecule has 50 heavy (non-hydrogen) atoms. The third-order valence-corrected chi connectivity index (χ3v) is 11.4. The highest BCUT2D eigenvalue weighted by atomic mass is 32.2. The Morgan fingerprint density at radius 1 is 0.680 bits per heavy atom. The standard InChI is InChI=1S/C43H37N5S2/c1-46(2)28-31-19-21-32(22-20-31)42-37(33-23-25-40-44-27-38(47(40)29-33)39-24-26-41(49-3)50-39)30-48(45-42)43(34-13-7-4-8-14-34,35-15-9-5-10-16-35)36-17-11-6-12-18-36/h4-27,29-30H,28H2,1-3H3. The van der Waals surface area contributed by atoms with Gasteiger partial charge < -0.3 is 4.90 Å². The first kappa shape index (κ1) is 32.0. The van der Waals surface area contributed by atoms with E-state index in [4.69, 9.17) is 10.1 Å². The van der Waals surface area contributed by atoms with Gasteiger partial charge in [0.05, 0.1) is 21.0 Å². The normalized spacial score (nSPS) is 11.8. The van der Waals surface area contributed by atoms with Crippen LogP contribution in [0.15, 0.2) is 162 Å². The fraction of sp³-hybridized carbons (Fsp3) is 0.116. The van der Waals surface area contributed by atoms with Crippen LogP contribution in [0.2, 0.25) is 0 Å². The number of hydrogen-bond acceptors (Lipinski definition) is 5. The van der Waals surface area contributed by atoms with Gasteiger partial charge in [0.15, 0.2) is 0 Å². The number of pyridine rings is 1. The van der Waals surface area contributed by atoms with Crippen LogP contribution in [-0.2, 0) is 12.1 Å². The largest absolute Gasteiger partial charge is 0.305 e. The van der Waals surface area contributed by atoms with E-state index in [2.05, 4.69) is 186 Å². The summed E-state index contributed by atoms with van der Waals surface area (Å²) in [5.41, 5.74) is 10.0. The molecule has 0 saturated heterocycles. The van der Waals surface area contributed by atoms with E-state index < -0.39 is 5.54 Å². The van der Waals surface area contributed by atoms with Crippen LogP contribution < -0.4 is 0 Å². The first-order valence-corrected chi connectivity index (χ1v) is 18.7. The highest BCUT2D eigenvalue weighted by Gasteiger charge is 2.40. The van der Waals surface area contributed by atoms with E-state index in [9.17, 15) is 0 Å². The van der Waals surface area contributed by atoms with Crippen molar-refractivity contribution >= 4 is 28.7 Å². The van der Waals surface area contributed by atoms with Gasteiger partial charge in [0.25, 0.3) is 0 Å². The first-order chi connectivity index (χ1) is 24.5. The van der Waals surface area contributed by atoms with Gasteiger partial charge in [-0.25, -0.2) is 4.98 Å².